The minimum absolute atomic E-state index is 0.0118. The van der Waals surface area contributed by atoms with Crippen LogP contribution in [0.5, 0.6) is 0 Å². The monoisotopic (exact) mass is 279 g/mol. The third kappa shape index (κ3) is 3.35. The maximum Gasteiger partial charge on any atom is 0.308 e. The Morgan fingerprint density at radius 1 is 1.30 bits per heavy atom. The van der Waals surface area contributed by atoms with E-state index in [1.807, 2.05) is 6.92 Å². The van der Waals surface area contributed by atoms with Gasteiger partial charge in [0.2, 0.25) is 5.91 Å². The van der Waals surface area contributed by atoms with E-state index in [9.17, 15) is 14.0 Å². The summed E-state index contributed by atoms with van der Waals surface area (Å²) in [6.45, 7) is 2.64. The molecule has 2 rings (SSSR count). The van der Waals surface area contributed by atoms with E-state index in [1.165, 1.54) is 12.1 Å². The Hall–Kier alpha value is -1.91. The van der Waals surface area contributed by atoms with Crippen LogP contribution in [0.1, 0.15) is 18.9 Å². The molecule has 4 nitrogen and oxygen atoms in total. The van der Waals surface area contributed by atoms with E-state index in [4.69, 9.17) is 5.11 Å². The van der Waals surface area contributed by atoms with Crippen LogP contribution in [-0.4, -0.2) is 35.0 Å². The molecule has 5 heteroatoms. The molecule has 0 bridgehead atoms. The Kier molecular flexibility index (Phi) is 4.37. The highest BCUT2D eigenvalue weighted by atomic mass is 19.1. The van der Waals surface area contributed by atoms with E-state index in [2.05, 4.69) is 0 Å². The maximum atomic E-state index is 12.8. The lowest BCUT2D eigenvalue weighted by Gasteiger charge is -2.15. The number of carbonyl (C=O) groups is 2. The van der Waals surface area contributed by atoms with Crippen molar-refractivity contribution < 1.29 is 19.1 Å². The Labute approximate surface area is 117 Å². The van der Waals surface area contributed by atoms with Crippen LogP contribution in [0.3, 0.4) is 0 Å². The number of benzene rings is 1. The number of likely N-dealkylation sites (tertiary alicyclic amines) is 1. The number of hydrogen-bond acceptors (Lipinski definition) is 2. The van der Waals surface area contributed by atoms with Gasteiger partial charge in [-0.15, -0.1) is 0 Å². The van der Waals surface area contributed by atoms with Crippen molar-refractivity contribution in [3.05, 3.63) is 35.6 Å². The fraction of sp³-hybridized carbons (Fsp3) is 0.467. The lowest BCUT2D eigenvalue weighted by atomic mass is 9.99. The SMILES string of the molecule is C[C@@H]1CN(C(=O)CCc2ccc(F)cc2)C[C@H]1C(=O)O. The molecule has 1 aliphatic heterocycles. The van der Waals surface area contributed by atoms with E-state index in [-0.39, 0.29) is 17.6 Å². The largest absolute Gasteiger partial charge is 0.481 e. The molecular weight excluding hydrogens is 261 g/mol. The second-order valence-electron chi connectivity index (χ2n) is 5.35. The molecule has 1 aromatic rings. The number of amides is 1. The van der Waals surface area contributed by atoms with Crippen molar-refractivity contribution in [2.75, 3.05) is 13.1 Å². The lowest BCUT2D eigenvalue weighted by molar-refractivity contribution is -0.142. The van der Waals surface area contributed by atoms with Crippen LogP contribution in [0.15, 0.2) is 24.3 Å². The van der Waals surface area contributed by atoms with Crippen molar-refractivity contribution in [1.82, 2.24) is 4.90 Å². The molecule has 108 valence electrons. The highest BCUT2D eigenvalue weighted by molar-refractivity contribution is 5.79. The van der Waals surface area contributed by atoms with Gasteiger partial charge < -0.3 is 10.0 Å². The van der Waals surface area contributed by atoms with Crippen molar-refractivity contribution in [3.63, 3.8) is 0 Å². The molecule has 1 amide bonds. The molecule has 20 heavy (non-hydrogen) atoms. The van der Waals surface area contributed by atoms with Gasteiger partial charge in [0.1, 0.15) is 5.82 Å². The summed E-state index contributed by atoms with van der Waals surface area (Å²) < 4.78 is 12.8. The highest BCUT2D eigenvalue weighted by Gasteiger charge is 2.36. The number of carbonyl (C=O) groups excluding carboxylic acids is 1. The van der Waals surface area contributed by atoms with E-state index in [0.29, 0.717) is 25.9 Å². The molecule has 1 N–H and O–H groups in total. The molecule has 0 spiro atoms. The summed E-state index contributed by atoms with van der Waals surface area (Å²) >= 11 is 0. The van der Waals surface area contributed by atoms with Gasteiger partial charge in [-0.05, 0) is 30.0 Å². The maximum absolute atomic E-state index is 12.8. The Morgan fingerprint density at radius 2 is 1.95 bits per heavy atom. The number of hydrogen-bond donors (Lipinski definition) is 1. The lowest BCUT2D eigenvalue weighted by Crippen LogP contribution is -2.30. The fourth-order valence-corrected chi connectivity index (χ4v) is 2.55. The van der Waals surface area contributed by atoms with Gasteiger partial charge in [0, 0.05) is 19.5 Å². The average molecular weight is 279 g/mol. The molecule has 0 aromatic heterocycles. The van der Waals surface area contributed by atoms with Crippen LogP contribution < -0.4 is 0 Å². The van der Waals surface area contributed by atoms with Crippen molar-refractivity contribution in [2.45, 2.75) is 19.8 Å². The predicted octanol–water partition coefficient (Wildman–Crippen LogP) is 1.94. The first-order valence-corrected chi connectivity index (χ1v) is 6.72. The van der Waals surface area contributed by atoms with E-state index in [1.54, 1.807) is 17.0 Å². The number of carboxylic acids is 1. The summed E-state index contributed by atoms with van der Waals surface area (Å²) in [7, 11) is 0. The molecule has 0 radical (unpaired) electrons. The standard InChI is InChI=1S/C15H18FNO3/c1-10-8-17(9-13(10)15(19)20)14(18)7-4-11-2-5-12(16)6-3-11/h2-3,5-6,10,13H,4,7-9H2,1H3,(H,19,20)/t10-,13-/m1/s1. The normalized spacial score (nSPS) is 22.0. The van der Waals surface area contributed by atoms with Gasteiger partial charge in [0.25, 0.3) is 0 Å². The quantitative estimate of drug-likeness (QED) is 0.916. The van der Waals surface area contributed by atoms with Crippen LogP contribution in [0.25, 0.3) is 0 Å². The number of aliphatic carboxylic acids is 1. The van der Waals surface area contributed by atoms with Gasteiger partial charge in [-0.25, -0.2) is 4.39 Å². The third-order valence-corrected chi connectivity index (χ3v) is 3.82. The summed E-state index contributed by atoms with van der Waals surface area (Å²) in [4.78, 5) is 24.7. The zero-order valence-electron chi connectivity index (χ0n) is 11.4. The smallest absolute Gasteiger partial charge is 0.308 e. The zero-order chi connectivity index (χ0) is 14.7. The second kappa shape index (κ2) is 6.03. The number of aryl methyl sites for hydroxylation is 1. The van der Waals surface area contributed by atoms with Gasteiger partial charge >= 0.3 is 5.97 Å². The van der Waals surface area contributed by atoms with Crippen molar-refractivity contribution in [3.8, 4) is 0 Å². The average Bonchev–Trinajstić information content (AvgIpc) is 2.80. The van der Waals surface area contributed by atoms with Crippen molar-refractivity contribution >= 4 is 11.9 Å². The summed E-state index contributed by atoms with van der Waals surface area (Å²) in [5.41, 5.74) is 0.904. The number of halogens is 1. The highest BCUT2D eigenvalue weighted by Crippen LogP contribution is 2.24. The minimum Gasteiger partial charge on any atom is -0.481 e. The topological polar surface area (TPSA) is 57.6 Å². The van der Waals surface area contributed by atoms with Crippen LogP contribution in [0, 0.1) is 17.7 Å². The molecule has 1 aliphatic rings. The second-order valence-corrected chi connectivity index (χ2v) is 5.35. The molecule has 0 unspecified atom stereocenters. The van der Waals surface area contributed by atoms with Gasteiger partial charge in [-0.1, -0.05) is 19.1 Å². The first-order chi connectivity index (χ1) is 9.47. The first-order valence-electron chi connectivity index (χ1n) is 6.72. The summed E-state index contributed by atoms with van der Waals surface area (Å²) in [6.07, 6.45) is 0.867. The van der Waals surface area contributed by atoms with Crippen LogP contribution in [-0.2, 0) is 16.0 Å². The molecule has 0 aliphatic carbocycles. The molecule has 1 heterocycles. The summed E-state index contributed by atoms with van der Waals surface area (Å²) in [6, 6.07) is 6.07. The van der Waals surface area contributed by atoms with Crippen LogP contribution in [0.4, 0.5) is 4.39 Å². The number of rotatable bonds is 4. The van der Waals surface area contributed by atoms with Gasteiger partial charge in [0.15, 0.2) is 0 Å². The van der Waals surface area contributed by atoms with E-state index in [0.717, 1.165) is 5.56 Å². The molecule has 0 saturated carbocycles. The van der Waals surface area contributed by atoms with Gasteiger partial charge in [0.05, 0.1) is 5.92 Å². The van der Waals surface area contributed by atoms with Gasteiger partial charge in [-0.2, -0.15) is 0 Å². The molecule has 1 saturated heterocycles. The molecule has 1 fully saturated rings. The van der Waals surface area contributed by atoms with Gasteiger partial charge in [-0.3, -0.25) is 9.59 Å². The predicted molar refractivity (Wildman–Crippen MR) is 71.6 cm³/mol. The van der Waals surface area contributed by atoms with E-state index < -0.39 is 11.9 Å². The molecule has 2 atom stereocenters. The Bertz CT molecular complexity index is 500. The first kappa shape index (κ1) is 14.5. The van der Waals surface area contributed by atoms with Crippen molar-refractivity contribution in [1.29, 1.82) is 0 Å². The molecular formula is C15H18FNO3. The number of carboxylic acid groups (broad SMARTS) is 1. The van der Waals surface area contributed by atoms with Crippen molar-refractivity contribution in [2.24, 2.45) is 11.8 Å². The Balaban J connectivity index is 1.87. The molecule has 1 aromatic carbocycles. The van der Waals surface area contributed by atoms with E-state index >= 15 is 0 Å². The third-order valence-electron chi connectivity index (χ3n) is 3.82. The zero-order valence-corrected chi connectivity index (χ0v) is 11.4. The fourth-order valence-electron chi connectivity index (χ4n) is 2.55. The van der Waals surface area contributed by atoms with Crippen LogP contribution >= 0.6 is 0 Å². The Morgan fingerprint density at radius 3 is 2.50 bits per heavy atom. The number of nitrogens with zero attached hydrogens (tertiary/aromatic N) is 1. The van der Waals surface area contributed by atoms with Crippen LogP contribution in [0.2, 0.25) is 0 Å². The summed E-state index contributed by atoms with van der Waals surface area (Å²) in [5.74, 6) is -1.65. The minimum atomic E-state index is -0.841. The summed E-state index contributed by atoms with van der Waals surface area (Å²) in [5, 5.41) is 9.04.